The van der Waals surface area contributed by atoms with Crippen molar-refractivity contribution in [3.8, 4) is 0 Å². The topological polar surface area (TPSA) is 78.9 Å². The fourth-order valence-electron chi connectivity index (χ4n) is 7.60. The molecule has 6 nitrogen and oxygen atoms in total. The van der Waals surface area contributed by atoms with Crippen LogP contribution >= 0.6 is 0 Å². The molecule has 57 heavy (non-hydrogen) atoms. The van der Waals surface area contributed by atoms with Crippen molar-refractivity contribution in [1.29, 1.82) is 0 Å². The zero-order valence-corrected chi connectivity index (χ0v) is 39.0. The van der Waals surface area contributed by atoms with Gasteiger partial charge in [-0.3, -0.25) is 14.4 Å². The zero-order valence-electron chi connectivity index (χ0n) is 39.0. The van der Waals surface area contributed by atoms with E-state index < -0.39 is 6.10 Å². The first-order chi connectivity index (χ1) is 27.8. The van der Waals surface area contributed by atoms with Crippen LogP contribution < -0.4 is 0 Å². The first kappa shape index (κ1) is 55.4. The molecule has 0 aliphatic carbocycles. The molecule has 0 N–H and O–H groups in total. The maximum absolute atomic E-state index is 12.7. The van der Waals surface area contributed by atoms with E-state index in [0.717, 1.165) is 69.6 Å². The van der Waals surface area contributed by atoms with E-state index in [2.05, 4.69) is 34.6 Å². The molecule has 0 aromatic carbocycles. The monoisotopic (exact) mass is 807 g/mol. The van der Waals surface area contributed by atoms with Crippen molar-refractivity contribution in [2.75, 3.05) is 13.2 Å². The zero-order chi connectivity index (χ0) is 41.9. The van der Waals surface area contributed by atoms with Gasteiger partial charge in [0.2, 0.25) is 0 Å². The Morgan fingerprint density at radius 1 is 0.368 bits per heavy atom. The summed E-state index contributed by atoms with van der Waals surface area (Å²) >= 11 is 0. The van der Waals surface area contributed by atoms with E-state index in [1.165, 1.54) is 167 Å². The van der Waals surface area contributed by atoms with E-state index in [1.807, 2.05) is 0 Å². The average molecular weight is 807 g/mol. The van der Waals surface area contributed by atoms with Gasteiger partial charge in [-0.1, -0.05) is 240 Å². The lowest BCUT2D eigenvalue weighted by Gasteiger charge is -2.18. The highest BCUT2D eigenvalue weighted by Crippen LogP contribution is 2.18. The van der Waals surface area contributed by atoms with Gasteiger partial charge < -0.3 is 14.2 Å². The van der Waals surface area contributed by atoms with E-state index >= 15 is 0 Å². The van der Waals surface area contributed by atoms with Crippen molar-refractivity contribution in [3.05, 3.63) is 0 Å². The lowest BCUT2D eigenvalue weighted by Crippen LogP contribution is -2.30. The number of esters is 3. The van der Waals surface area contributed by atoms with E-state index in [9.17, 15) is 14.4 Å². The molecule has 0 saturated heterocycles. The molecule has 6 heteroatoms. The van der Waals surface area contributed by atoms with Crippen LogP contribution in [-0.2, 0) is 28.6 Å². The lowest BCUT2D eigenvalue weighted by atomic mass is 9.99. The van der Waals surface area contributed by atoms with E-state index in [0.29, 0.717) is 19.3 Å². The van der Waals surface area contributed by atoms with E-state index in [-0.39, 0.29) is 31.1 Å². The van der Waals surface area contributed by atoms with Crippen LogP contribution in [0.15, 0.2) is 0 Å². The van der Waals surface area contributed by atoms with E-state index in [1.54, 1.807) is 0 Å². The molecule has 0 spiro atoms. The van der Waals surface area contributed by atoms with Crippen molar-refractivity contribution >= 4 is 17.9 Å². The molecule has 0 aromatic rings. The van der Waals surface area contributed by atoms with Gasteiger partial charge >= 0.3 is 17.9 Å². The molecule has 0 amide bonds. The van der Waals surface area contributed by atoms with Crippen LogP contribution in [0.1, 0.15) is 279 Å². The SMILES string of the molecule is CCCCCCCCCCCCCC(=O)OC[C@@H](COC(=O)CCCCCCCCCCCCCCCCC(C)CC)OC(=O)CCCCCCCCCC(C)C. The van der Waals surface area contributed by atoms with E-state index in [4.69, 9.17) is 14.2 Å². The van der Waals surface area contributed by atoms with Crippen LogP contribution in [0.2, 0.25) is 0 Å². The van der Waals surface area contributed by atoms with Crippen LogP contribution in [0.3, 0.4) is 0 Å². The molecular weight excluding hydrogens is 709 g/mol. The maximum Gasteiger partial charge on any atom is 0.306 e. The molecule has 0 radical (unpaired) electrons. The highest BCUT2D eigenvalue weighted by Gasteiger charge is 2.19. The number of hydrogen-bond donors (Lipinski definition) is 0. The Kier molecular flexibility index (Phi) is 42.7. The van der Waals surface area contributed by atoms with Crippen molar-refractivity contribution in [3.63, 3.8) is 0 Å². The summed E-state index contributed by atoms with van der Waals surface area (Å²) in [5.74, 6) is 0.820. The van der Waals surface area contributed by atoms with Gasteiger partial charge in [-0.15, -0.1) is 0 Å². The minimum Gasteiger partial charge on any atom is -0.462 e. The first-order valence-corrected chi connectivity index (χ1v) is 25.3. The Morgan fingerprint density at radius 2 is 0.667 bits per heavy atom. The summed E-state index contributed by atoms with van der Waals surface area (Å²) in [5, 5.41) is 0. The summed E-state index contributed by atoms with van der Waals surface area (Å²) in [6.45, 7) is 11.4. The highest BCUT2D eigenvalue weighted by atomic mass is 16.6. The minimum absolute atomic E-state index is 0.0646. The highest BCUT2D eigenvalue weighted by molar-refractivity contribution is 5.71. The summed E-state index contributed by atoms with van der Waals surface area (Å²) in [7, 11) is 0. The van der Waals surface area contributed by atoms with Gasteiger partial charge in [0.05, 0.1) is 0 Å². The van der Waals surface area contributed by atoms with Crippen molar-refractivity contribution in [2.24, 2.45) is 11.8 Å². The molecular formula is C51H98O6. The minimum atomic E-state index is -0.761. The van der Waals surface area contributed by atoms with Crippen LogP contribution in [0.4, 0.5) is 0 Å². The molecule has 0 bridgehead atoms. The normalized spacial score (nSPS) is 12.5. The number of unbranched alkanes of at least 4 members (excludes halogenated alkanes) is 29. The second kappa shape index (κ2) is 44.0. The first-order valence-electron chi connectivity index (χ1n) is 25.3. The fourth-order valence-corrected chi connectivity index (χ4v) is 7.60. The largest absolute Gasteiger partial charge is 0.462 e. The Morgan fingerprint density at radius 3 is 1.00 bits per heavy atom. The third-order valence-electron chi connectivity index (χ3n) is 11.8. The summed E-state index contributed by atoms with van der Waals surface area (Å²) < 4.78 is 16.8. The standard InChI is InChI=1S/C51H98O6/c1-6-8-9-10-11-12-17-21-26-31-36-41-49(52)55-44-48(57-51(54)43-38-33-28-23-24-29-34-39-46(3)4)45-56-50(53)42-37-32-27-22-19-16-14-13-15-18-20-25-30-35-40-47(5)7-2/h46-48H,6-45H2,1-5H3/t47?,48-/m0/s1. The van der Waals surface area contributed by atoms with Crippen LogP contribution in [0.5, 0.6) is 0 Å². The van der Waals surface area contributed by atoms with Crippen molar-refractivity contribution < 1.29 is 28.6 Å². The molecule has 0 rings (SSSR count). The second-order valence-corrected chi connectivity index (χ2v) is 18.2. The fraction of sp³-hybridized carbons (Fsp3) is 0.941. The average Bonchev–Trinajstić information content (AvgIpc) is 3.19. The molecule has 0 fully saturated rings. The molecule has 0 saturated carbocycles. The molecule has 2 atom stereocenters. The van der Waals surface area contributed by atoms with Crippen molar-refractivity contribution in [2.45, 2.75) is 285 Å². The molecule has 338 valence electrons. The summed E-state index contributed by atoms with van der Waals surface area (Å²) in [5.41, 5.74) is 0. The Hall–Kier alpha value is -1.59. The van der Waals surface area contributed by atoms with Crippen LogP contribution in [0, 0.1) is 11.8 Å². The smallest absolute Gasteiger partial charge is 0.306 e. The molecule has 0 heterocycles. The lowest BCUT2D eigenvalue weighted by molar-refractivity contribution is -0.167. The molecule has 0 aliphatic rings. The van der Waals surface area contributed by atoms with Gasteiger partial charge in [0.1, 0.15) is 13.2 Å². The summed E-state index contributed by atoms with van der Waals surface area (Å²) in [6.07, 6.45) is 43.8. The quantitative estimate of drug-likeness (QED) is 0.0346. The predicted octanol–water partition coefficient (Wildman–Crippen LogP) is 16.1. The number of hydrogen-bond acceptors (Lipinski definition) is 6. The molecule has 0 aliphatic heterocycles. The Labute approximate surface area is 355 Å². The van der Waals surface area contributed by atoms with Gasteiger partial charge in [-0.05, 0) is 31.1 Å². The van der Waals surface area contributed by atoms with Gasteiger partial charge in [0.25, 0.3) is 0 Å². The molecule has 1 unspecified atom stereocenters. The number of ether oxygens (including phenoxy) is 3. The Balaban J connectivity index is 4.24. The van der Waals surface area contributed by atoms with Gasteiger partial charge in [-0.25, -0.2) is 0 Å². The number of rotatable bonds is 45. The maximum atomic E-state index is 12.7. The van der Waals surface area contributed by atoms with Gasteiger partial charge in [-0.2, -0.15) is 0 Å². The number of carbonyl (C=O) groups is 3. The third-order valence-corrected chi connectivity index (χ3v) is 11.8. The predicted molar refractivity (Wildman–Crippen MR) is 243 cm³/mol. The van der Waals surface area contributed by atoms with Crippen molar-refractivity contribution in [1.82, 2.24) is 0 Å². The Bertz CT molecular complexity index is 872. The van der Waals surface area contributed by atoms with Crippen LogP contribution in [0.25, 0.3) is 0 Å². The molecule has 0 aromatic heterocycles. The van der Waals surface area contributed by atoms with Crippen LogP contribution in [-0.4, -0.2) is 37.2 Å². The van der Waals surface area contributed by atoms with Gasteiger partial charge in [0.15, 0.2) is 6.10 Å². The summed E-state index contributed by atoms with van der Waals surface area (Å²) in [6, 6.07) is 0. The second-order valence-electron chi connectivity index (χ2n) is 18.2. The van der Waals surface area contributed by atoms with Gasteiger partial charge in [0, 0.05) is 19.3 Å². The third kappa shape index (κ3) is 43.8. The number of carbonyl (C=O) groups excluding carboxylic acids is 3. The summed E-state index contributed by atoms with van der Waals surface area (Å²) in [4.78, 5) is 37.8.